The molecule has 0 N–H and O–H groups in total. The van der Waals surface area contributed by atoms with E-state index in [0.717, 1.165) is 18.4 Å². The first kappa shape index (κ1) is 12.0. The van der Waals surface area contributed by atoms with Crippen molar-refractivity contribution in [2.75, 3.05) is 0 Å². The van der Waals surface area contributed by atoms with E-state index >= 15 is 0 Å². The van der Waals surface area contributed by atoms with Crippen LogP contribution in [-0.4, -0.2) is 10.8 Å². The van der Waals surface area contributed by atoms with E-state index in [1.54, 1.807) is 23.7 Å². The molecule has 2 aromatic heterocycles. The Morgan fingerprint density at radius 2 is 2.24 bits per heavy atom. The van der Waals surface area contributed by atoms with Crippen LogP contribution in [0.5, 0.6) is 0 Å². The van der Waals surface area contributed by atoms with Crippen LogP contribution in [0.25, 0.3) is 0 Å². The van der Waals surface area contributed by atoms with Crippen LogP contribution < -0.4 is 0 Å². The zero-order valence-electron chi connectivity index (χ0n) is 9.63. The molecule has 0 bridgehead atoms. The van der Waals surface area contributed by atoms with Gasteiger partial charge in [0.25, 0.3) is 0 Å². The van der Waals surface area contributed by atoms with Crippen molar-refractivity contribution in [3.63, 3.8) is 0 Å². The first-order valence-corrected chi connectivity index (χ1v) is 6.65. The molecule has 0 radical (unpaired) electrons. The number of carbonyl (C=O) groups excluding carboxylic acids is 1. The summed E-state index contributed by atoms with van der Waals surface area (Å²) in [6, 6.07) is 7.99. The summed E-state index contributed by atoms with van der Waals surface area (Å²) in [7, 11) is 0. The molecule has 0 aliphatic carbocycles. The Hall–Kier alpha value is -1.48. The van der Waals surface area contributed by atoms with Crippen LogP contribution in [0.3, 0.4) is 0 Å². The van der Waals surface area contributed by atoms with E-state index in [1.165, 1.54) is 4.88 Å². The van der Waals surface area contributed by atoms with E-state index in [0.29, 0.717) is 18.6 Å². The zero-order chi connectivity index (χ0) is 11.9. The van der Waals surface area contributed by atoms with Gasteiger partial charge in [-0.15, -0.1) is 11.3 Å². The molecule has 0 saturated carbocycles. The number of hydrogen-bond acceptors (Lipinski definition) is 3. The highest BCUT2D eigenvalue weighted by Crippen LogP contribution is 2.12. The van der Waals surface area contributed by atoms with E-state index in [1.807, 2.05) is 12.1 Å². The molecule has 2 rings (SSSR count). The average Bonchev–Trinajstić information content (AvgIpc) is 2.83. The van der Waals surface area contributed by atoms with Crippen LogP contribution in [0.2, 0.25) is 0 Å². The molecule has 88 valence electrons. The molecule has 0 fully saturated rings. The standard InChI is InChI=1S/C14H15NOS/c16-13(10-12-4-2-8-15-11-12)5-1-6-14-7-3-9-17-14/h2-4,7-9,11H,1,5-6,10H2. The molecule has 0 unspecified atom stereocenters. The highest BCUT2D eigenvalue weighted by atomic mass is 32.1. The molecule has 2 aromatic rings. The van der Waals surface area contributed by atoms with Gasteiger partial charge in [0.15, 0.2) is 0 Å². The largest absolute Gasteiger partial charge is 0.299 e. The molecule has 3 heteroatoms. The maximum Gasteiger partial charge on any atom is 0.137 e. The number of ketones is 1. The summed E-state index contributed by atoms with van der Waals surface area (Å²) < 4.78 is 0. The normalized spacial score (nSPS) is 10.4. The Morgan fingerprint density at radius 1 is 1.29 bits per heavy atom. The number of rotatable bonds is 6. The highest BCUT2D eigenvalue weighted by Gasteiger charge is 2.04. The topological polar surface area (TPSA) is 30.0 Å². The third kappa shape index (κ3) is 4.11. The number of pyridine rings is 1. The number of aromatic nitrogens is 1. The molecule has 0 spiro atoms. The smallest absolute Gasteiger partial charge is 0.137 e. The lowest BCUT2D eigenvalue weighted by atomic mass is 10.1. The number of nitrogens with zero attached hydrogens (tertiary/aromatic N) is 1. The second kappa shape index (κ2) is 6.30. The van der Waals surface area contributed by atoms with Crippen LogP contribution >= 0.6 is 11.3 Å². The molecule has 2 heterocycles. The van der Waals surface area contributed by atoms with Crippen molar-refractivity contribution in [1.82, 2.24) is 4.98 Å². The SMILES string of the molecule is O=C(CCCc1cccs1)Cc1cccnc1. The summed E-state index contributed by atoms with van der Waals surface area (Å²) in [5, 5.41) is 2.08. The number of thiophene rings is 1. The molecule has 0 aliphatic heterocycles. The van der Waals surface area contributed by atoms with Gasteiger partial charge in [0, 0.05) is 30.1 Å². The summed E-state index contributed by atoms with van der Waals surface area (Å²) in [6.45, 7) is 0. The van der Waals surface area contributed by atoms with Crippen LogP contribution in [0.15, 0.2) is 42.0 Å². The zero-order valence-corrected chi connectivity index (χ0v) is 10.5. The van der Waals surface area contributed by atoms with Crippen molar-refractivity contribution < 1.29 is 4.79 Å². The summed E-state index contributed by atoms with van der Waals surface area (Å²) >= 11 is 1.76. The molecule has 0 aromatic carbocycles. The van der Waals surface area contributed by atoms with Gasteiger partial charge in [-0.1, -0.05) is 12.1 Å². The molecular formula is C14H15NOS. The Kier molecular flexibility index (Phi) is 4.45. The number of carbonyl (C=O) groups is 1. The average molecular weight is 245 g/mol. The Bertz CT molecular complexity index is 450. The van der Waals surface area contributed by atoms with Crippen molar-refractivity contribution >= 4 is 17.1 Å². The third-order valence-electron chi connectivity index (χ3n) is 2.58. The molecule has 0 atom stereocenters. The van der Waals surface area contributed by atoms with Crippen LogP contribution in [0.4, 0.5) is 0 Å². The van der Waals surface area contributed by atoms with Gasteiger partial charge in [-0.3, -0.25) is 9.78 Å². The minimum atomic E-state index is 0.301. The first-order valence-electron chi connectivity index (χ1n) is 5.77. The van der Waals surface area contributed by atoms with Crippen LogP contribution in [0, 0.1) is 0 Å². The number of aryl methyl sites for hydroxylation is 1. The predicted molar refractivity (Wildman–Crippen MR) is 70.2 cm³/mol. The number of hydrogen-bond donors (Lipinski definition) is 0. The minimum Gasteiger partial charge on any atom is -0.299 e. The van der Waals surface area contributed by atoms with Gasteiger partial charge in [-0.25, -0.2) is 0 Å². The van der Waals surface area contributed by atoms with Gasteiger partial charge in [-0.05, 0) is 35.9 Å². The minimum absolute atomic E-state index is 0.301. The molecule has 2 nitrogen and oxygen atoms in total. The van der Waals surface area contributed by atoms with E-state index in [4.69, 9.17) is 0 Å². The summed E-state index contributed by atoms with van der Waals surface area (Å²) in [5.41, 5.74) is 1.01. The van der Waals surface area contributed by atoms with Gasteiger partial charge in [0.05, 0.1) is 0 Å². The van der Waals surface area contributed by atoms with Gasteiger partial charge in [0.1, 0.15) is 5.78 Å². The summed E-state index contributed by atoms with van der Waals surface area (Å²) in [5.74, 6) is 0.301. The molecule has 0 amide bonds. The fraction of sp³-hybridized carbons (Fsp3) is 0.286. The van der Waals surface area contributed by atoms with Crippen molar-refractivity contribution in [1.29, 1.82) is 0 Å². The Morgan fingerprint density at radius 3 is 2.94 bits per heavy atom. The Labute approximate surface area is 105 Å². The summed E-state index contributed by atoms with van der Waals surface area (Å²) in [4.78, 5) is 17.1. The molecular weight excluding hydrogens is 230 g/mol. The van der Waals surface area contributed by atoms with Gasteiger partial charge < -0.3 is 0 Å². The first-order chi connectivity index (χ1) is 8.34. The van der Waals surface area contributed by atoms with Crippen molar-refractivity contribution in [2.45, 2.75) is 25.7 Å². The monoisotopic (exact) mass is 245 g/mol. The van der Waals surface area contributed by atoms with Crippen molar-refractivity contribution in [3.05, 3.63) is 52.5 Å². The van der Waals surface area contributed by atoms with E-state index in [9.17, 15) is 4.79 Å². The fourth-order valence-corrected chi connectivity index (χ4v) is 2.48. The molecule has 0 aliphatic rings. The van der Waals surface area contributed by atoms with Crippen molar-refractivity contribution in [3.8, 4) is 0 Å². The Balaban J connectivity index is 1.71. The van der Waals surface area contributed by atoms with Gasteiger partial charge >= 0.3 is 0 Å². The van der Waals surface area contributed by atoms with Crippen LogP contribution in [0.1, 0.15) is 23.3 Å². The maximum absolute atomic E-state index is 11.7. The highest BCUT2D eigenvalue weighted by molar-refractivity contribution is 7.09. The second-order valence-corrected chi connectivity index (χ2v) is 5.04. The maximum atomic E-state index is 11.7. The lowest BCUT2D eigenvalue weighted by Gasteiger charge is -2.00. The fourth-order valence-electron chi connectivity index (χ4n) is 1.73. The van der Waals surface area contributed by atoms with Crippen molar-refractivity contribution in [2.24, 2.45) is 0 Å². The predicted octanol–water partition coefficient (Wildman–Crippen LogP) is 3.28. The third-order valence-corrected chi connectivity index (χ3v) is 3.52. The lowest BCUT2D eigenvalue weighted by Crippen LogP contribution is -2.03. The van der Waals surface area contributed by atoms with Crippen LogP contribution in [-0.2, 0) is 17.6 Å². The number of Topliss-reactive ketones (excluding diaryl/α,β-unsaturated/α-hetero) is 1. The molecule has 17 heavy (non-hydrogen) atoms. The molecule has 0 saturated heterocycles. The van der Waals surface area contributed by atoms with E-state index in [2.05, 4.69) is 22.5 Å². The quantitative estimate of drug-likeness (QED) is 0.781. The lowest BCUT2D eigenvalue weighted by molar-refractivity contribution is -0.118. The van der Waals surface area contributed by atoms with E-state index in [-0.39, 0.29) is 0 Å². The van der Waals surface area contributed by atoms with E-state index < -0.39 is 0 Å². The summed E-state index contributed by atoms with van der Waals surface area (Å²) in [6.07, 6.45) is 6.61. The van der Waals surface area contributed by atoms with Gasteiger partial charge in [-0.2, -0.15) is 0 Å². The van der Waals surface area contributed by atoms with Gasteiger partial charge in [0.2, 0.25) is 0 Å². The second-order valence-electron chi connectivity index (χ2n) is 4.01.